The third-order valence-corrected chi connectivity index (χ3v) is 3.44. The maximum Gasteiger partial charge on any atom is 0.338 e. The molecule has 0 aliphatic carbocycles. The normalized spacial score (nSPS) is 9.92. The highest BCUT2D eigenvalue weighted by Crippen LogP contribution is 2.11. The van der Waals surface area contributed by atoms with Gasteiger partial charge in [-0.15, -0.1) is 0 Å². The number of aldehydes is 1. The number of anilines is 1. The molecule has 0 aliphatic rings. The number of nitrogens with one attached hydrogen (secondary N) is 1. The molecule has 1 N–H and O–H groups in total. The van der Waals surface area contributed by atoms with Gasteiger partial charge in [-0.2, -0.15) is 0 Å². The Hall–Kier alpha value is -3.48. The number of rotatable bonds is 6. The molecule has 0 atom stereocenters. The lowest BCUT2D eigenvalue weighted by molar-refractivity contribution is -0.119. The molecule has 0 saturated heterocycles. The summed E-state index contributed by atoms with van der Waals surface area (Å²) in [4.78, 5) is 47.5. The summed E-state index contributed by atoms with van der Waals surface area (Å²) in [5, 5.41) is 2.57. The lowest BCUT2D eigenvalue weighted by Crippen LogP contribution is -2.22. The summed E-state index contributed by atoms with van der Waals surface area (Å²) in [6.45, 7) is -0.452. The van der Waals surface area contributed by atoms with Crippen molar-refractivity contribution < 1.29 is 23.9 Å². The molecule has 0 unspecified atom stereocenters. The summed E-state index contributed by atoms with van der Waals surface area (Å²) in [7, 11) is 3.30. The van der Waals surface area contributed by atoms with E-state index in [0.29, 0.717) is 23.1 Å². The predicted octanol–water partition coefficient (Wildman–Crippen LogP) is 2.00. The molecule has 134 valence electrons. The molecule has 2 aromatic carbocycles. The van der Waals surface area contributed by atoms with Crippen LogP contribution in [0, 0.1) is 0 Å². The number of ether oxygens (including phenoxy) is 1. The molecular weight excluding hydrogens is 336 g/mol. The molecule has 26 heavy (non-hydrogen) atoms. The molecule has 7 heteroatoms. The second-order valence-electron chi connectivity index (χ2n) is 5.64. The molecule has 0 aromatic heterocycles. The lowest BCUT2D eigenvalue weighted by Gasteiger charge is -2.11. The number of carbonyl (C=O) groups excluding carboxylic acids is 4. The zero-order valence-electron chi connectivity index (χ0n) is 14.4. The Morgan fingerprint density at radius 3 is 2.08 bits per heavy atom. The van der Waals surface area contributed by atoms with Crippen LogP contribution >= 0.6 is 0 Å². The van der Waals surface area contributed by atoms with Gasteiger partial charge in [-0.1, -0.05) is 12.1 Å². The van der Waals surface area contributed by atoms with Gasteiger partial charge in [-0.25, -0.2) is 4.79 Å². The van der Waals surface area contributed by atoms with Gasteiger partial charge in [0.25, 0.3) is 11.8 Å². The van der Waals surface area contributed by atoms with Crippen LogP contribution in [0.2, 0.25) is 0 Å². The van der Waals surface area contributed by atoms with Crippen LogP contribution in [0.4, 0.5) is 5.69 Å². The van der Waals surface area contributed by atoms with Crippen LogP contribution in [0.3, 0.4) is 0 Å². The van der Waals surface area contributed by atoms with E-state index in [-0.39, 0.29) is 11.5 Å². The SMILES string of the molecule is CN(C)C(=O)c1ccc(NC(=O)COC(=O)c2ccc(C=O)cc2)cc1. The minimum absolute atomic E-state index is 0.141. The van der Waals surface area contributed by atoms with Gasteiger partial charge in [0.15, 0.2) is 6.61 Å². The molecule has 0 radical (unpaired) electrons. The van der Waals surface area contributed by atoms with Crippen LogP contribution < -0.4 is 5.32 Å². The first kappa shape index (κ1) is 18.9. The van der Waals surface area contributed by atoms with Crippen molar-refractivity contribution in [2.24, 2.45) is 0 Å². The fourth-order valence-corrected chi connectivity index (χ4v) is 2.06. The van der Waals surface area contributed by atoms with E-state index >= 15 is 0 Å². The van der Waals surface area contributed by atoms with Crippen molar-refractivity contribution in [3.05, 3.63) is 65.2 Å². The lowest BCUT2D eigenvalue weighted by atomic mass is 10.1. The van der Waals surface area contributed by atoms with Crippen LogP contribution in [0.15, 0.2) is 48.5 Å². The van der Waals surface area contributed by atoms with Crippen LogP contribution in [-0.2, 0) is 9.53 Å². The molecule has 0 spiro atoms. The topological polar surface area (TPSA) is 92.8 Å². The first-order chi connectivity index (χ1) is 12.4. The molecule has 0 bridgehead atoms. The minimum Gasteiger partial charge on any atom is -0.452 e. The van der Waals surface area contributed by atoms with Crippen molar-refractivity contribution in [3.8, 4) is 0 Å². The van der Waals surface area contributed by atoms with E-state index in [1.165, 1.54) is 29.2 Å². The average molecular weight is 354 g/mol. The molecule has 0 heterocycles. The van der Waals surface area contributed by atoms with Crippen molar-refractivity contribution in [2.75, 3.05) is 26.0 Å². The van der Waals surface area contributed by atoms with Gasteiger partial charge in [-0.3, -0.25) is 14.4 Å². The fourth-order valence-electron chi connectivity index (χ4n) is 2.06. The molecule has 7 nitrogen and oxygen atoms in total. The van der Waals surface area contributed by atoms with Gasteiger partial charge in [0.2, 0.25) is 0 Å². The first-order valence-corrected chi connectivity index (χ1v) is 7.74. The molecule has 2 aromatic rings. The maximum atomic E-state index is 11.9. The van der Waals surface area contributed by atoms with Crippen molar-refractivity contribution in [2.45, 2.75) is 0 Å². The average Bonchev–Trinajstić information content (AvgIpc) is 2.66. The number of hydrogen-bond donors (Lipinski definition) is 1. The molecule has 0 saturated carbocycles. The van der Waals surface area contributed by atoms with Gasteiger partial charge in [0, 0.05) is 30.9 Å². The Labute approximate surface area is 150 Å². The van der Waals surface area contributed by atoms with Crippen molar-refractivity contribution in [3.63, 3.8) is 0 Å². The number of hydrogen-bond acceptors (Lipinski definition) is 5. The maximum absolute atomic E-state index is 11.9. The van der Waals surface area contributed by atoms with Crippen LogP contribution in [-0.4, -0.2) is 49.7 Å². The number of carbonyl (C=O) groups is 4. The molecule has 2 amide bonds. The summed E-state index contributed by atoms with van der Waals surface area (Å²) < 4.78 is 4.93. The number of nitrogens with zero attached hydrogens (tertiary/aromatic N) is 1. The van der Waals surface area contributed by atoms with Crippen molar-refractivity contribution >= 4 is 29.8 Å². The summed E-state index contributed by atoms with van der Waals surface area (Å²) in [5.74, 6) is -1.31. The smallest absolute Gasteiger partial charge is 0.338 e. The summed E-state index contributed by atoms with van der Waals surface area (Å²) in [5.41, 5.74) is 1.67. The van der Waals surface area contributed by atoms with Gasteiger partial charge in [0.1, 0.15) is 6.29 Å². The standard InChI is InChI=1S/C19H18N2O5/c1-21(2)18(24)14-7-9-16(10-8-14)20-17(23)12-26-19(25)15-5-3-13(11-22)4-6-15/h3-11H,12H2,1-2H3,(H,20,23). The van der Waals surface area contributed by atoms with E-state index < -0.39 is 18.5 Å². The Kier molecular flexibility index (Phi) is 6.21. The zero-order valence-corrected chi connectivity index (χ0v) is 14.4. The fraction of sp³-hybridized carbons (Fsp3) is 0.158. The minimum atomic E-state index is -0.662. The van der Waals surface area contributed by atoms with E-state index in [4.69, 9.17) is 4.74 Å². The number of benzene rings is 2. The molecular formula is C19H18N2O5. The van der Waals surface area contributed by atoms with Gasteiger partial charge in [-0.05, 0) is 36.4 Å². The highest BCUT2D eigenvalue weighted by molar-refractivity contribution is 5.97. The molecule has 2 rings (SSSR count). The van der Waals surface area contributed by atoms with Crippen LogP contribution in [0.1, 0.15) is 31.1 Å². The van der Waals surface area contributed by atoms with Gasteiger partial charge in [0.05, 0.1) is 5.56 Å². The van der Waals surface area contributed by atoms with E-state index in [1.54, 1.807) is 38.4 Å². The first-order valence-electron chi connectivity index (χ1n) is 7.74. The molecule has 0 aliphatic heterocycles. The Balaban J connectivity index is 1.87. The monoisotopic (exact) mass is 354 g/mol. The third kappa shape index (κ3) is 5.01. The third-order valence-electron chi connectivity index (χ3n) is 3.44. The van der Waals surface area contributed by atoms with Crippen LogP contribution in [0.25, 0.3) is 0 Å². The second kappa shape index (κ2) is 8.57. The van der Waals surface area contributed by atoms with Gasteiger partial charge >= 0.3 is 5.97 Å². The Bertz CT molecular complexity index is 811. The molecule has 0 fully saturated rings. The largest absolute Gasteiger partial charge is 0.452 e. The Morgan fingerprint density at radius 1 is 0.962 bits per heavy atom. The zero-order chi connectivity index (χ0) is 19.1. The van der Waals surface area contributed by atoms with Crippen molar-refractivity contribution in [1.29, 1.82) is 0 Å². The van der Waals surface area contributed by atoms with Crippen LogP contribution in [0.5, 0.6) is 0 Å². The summed E-state index contributed by atoms with van der Waals surface area (Å²) in [6.07, 6.45) is 0.667. The van der Waals surface area contributed by atoms with E-state index in [1.807, 2.05) is 0 Å². The second-order valence-corrected chi connectivity index (χ2v) is 5.64. The highest BCUT2D eigenvalue weighted by atomic mass is 16.5. The van der Waals surface area contributed by atoms with E-state index in [2.05, 4.69) is 5.32 Å². The van der Waals surface area contributed by atoms with Crippen molar-refractivity contribution in [1.82, 2.24) is 4.90 Å². The van der Waals surface area contributed by atoms with Gasteiger partial charge < -0.3 is 15.0 Å². The Morgan fingerprint density at radius 2 is 1.54 bits per heavy atom. The quantitative estimate of drug-likeness (QED) is 0.633. The predicted molar refractivity (Wildman–Crippen MR) is 95.2 cm³/mol. The van der Waals surface area contributed by atoms with E-state index in [0.717, 1.165) is 0 Å². The summed E-state index contributed by atoms with van der Waals surface area (Å²) in [6, 6.07) is 12.2. The number of esters is 1. The summed E-state index contributed by atoms with van der Waals surface area (Å²) >= 11 is 0. The number of amides is 2. The highest BCUT2D eigenvalue weighted by Gasteiger charge is 2.11. The van der Waals surface area contributed by atoms with E-state index in [9.17, 15) is 19.2 Å².